The second-order valence-corrected chi connectivity index (χ2v) is 5.42. The second-order valence-electron chi connectivity index (χ2n) is 5.42. The largest absolute Gasteiger partial charge is 0.497 e. The van der Waals surface area contributed by atoms with Gasteiger partial charge in [-0.3, -0.25) is 9.78 Å². The Morgan fingerprint density at radius 3 is 2.78 bits per heavy atom. The molecule has 0 aliphatic rings. The van der Waals surface area contributed by atoms with Crippen LogP contribution in [0.5, 0.6) is 5.75 Å². The Balaban J connectivity index is 2.17. The SMILES string of the molecule is COc1ccc2c(c1)c(CC(=O)O)c(C)n2Cc1ccccn1. The van der Waals surface area contributed by atoms with Crippen LogP contribution < -0.4 is 4.74 Å². The number of methoxy groups -OCH3 is 1. The van der Waals surface area contributed by atoms with Gasteiger partial charge in [0.1, 0.15) is 5.75 Å². The quantitative estimate of drug-likeness (QED) is 0.786. The molecule has 3 rings (SSSR count). The summed E-state index contributed by atoms with van der Waals surface area (Å²) in [6.45, 7) is 2.56. The van der Waals surface area contributed by atoms with E-state index in [-0.39, 0.29) is 6.42 Å². The molecule has 0 amide bonds. The third-order valence-corrected chi connectivity index (χ3v) is 4.04. The molecule has 23 heavy (non-hydrogen) atoms. The lowest BCUT2D eigenvalue weighted by Gasteiger charge is -2.08. The van der Waals surface area contributed by atoms with Crippen molar-refractivity contribution < 1.29 is 14.6 Å². The summed E-state index contributed by atoms with van der Waals surface area (Å²) in [5, 5.41) is 10.1. The van der Waals surface area contributed by atoms with E-state index in [1.54, 1.807) is 13.3 Å². The molecule has 0 atom stereocenters. The predicted molar refractivity (Wildman–Crippen MR) is 87.9 cm³/mol. The average molecular weight is 310 g/mol. The number of nitrogens with zero attached hydrogens (tertiary/aromatic N) is 2. The van der Waals surface area contributed by atoms with Gasteiger partial charge < -0.3 is 14.4 Å². The van der Waals surface area contributed by atoms with Crippen molar-refractivity contribution in [2.45, 2.75) is 19.9 Å². The van der Waals surface area contributed by atoms with Gasteiger partial charge in [0.05, 0.1) is 25.8 Å². The van der Waals surface area contributed by atoms with Crippen molar-refractivity contribution in [3.05, 3.63) is 59.5 Å². The maximum atomic E-state index is 11.2. The molecule has 0 spiro atoms. The molecule has 0 unspecified atom stereocenters. The number of hydrogen-bond donors (Lipinski definition) is 1. The lowest BCUT2D eigenvalue weighted by molar-refractivity contribution is -0.136. The molecule has 2 aromatic heterocycles. The van der Waals surface area contributed by atoms with E-state index in [1.165, 1.54) is 0 Å². The molecule has 0 aliphatic heterocycles. The van der Waals surface area contributed by atoms with Crippen molar-refractivity contribution in [2.75, 3.05) is 7.11 Å². The topological polar surface area (TPSA) is 64.3 Å². The molecule has 5 nitrogen and oxygen atoms in total. The normalized spacial score (nSPS) is 10.9. The van der Waals surface area contributed by atoms with Gasteiger partial charge in [0.15, 0.2) is 0 Å². The number of benzene rings is 1. The number of ether oxygens (including phenoxy) is 1. The maximum Gasteiger partial charge on any atom is 0.307 e. The van der Waals surface area contributed by atoms with Crippen LogP contribution in [0, 0.1) is 6.92 Å². The van der Waals surface area contributed by atoms with Gasteiger partial charge in [-0.15, -0.1) is 0 Å². The van der Waals surface area contributed by atoms with E-state index in [4.69, 9.17) is 4.74 Å². The summed E-state index contributed by atoms with van der Waals surface area (Å²) >= 11 is 0. The van der Waals surface area contributed by atoms with Crippen LogP contribution in [0.3, 0.4) is 0 Å². The van der Waals surface area contributed by atoms with E-state index in [0.29, 0.717) is 6.54 Å². The average Bonchev–Trinajstić information content (AvgIpc) is 2.80. The van der Waals surface area contributed by atoms with E-state index in [0.717, 1.165) is 33.6 Å². The van der Waals surface area contributed by atoms with Crippen LogP contribution in [0.25, 0.3) is 10.9 Å². The Morgan fingerprint density at radius 1 is 1.30 bits per heavy atom. The molecule has 1 N–H and O–H groups in total. The van der Waals surface area contributed by atoms with Gasteiger partial charge in [0, 0.05) is 22.8 Å². The number of carbonyl (C=O) groups is 1. The molecular weight excluding hydrogens is 292 g/mol. The highest BCUT2D eigenvalue weighted by Gasteiger charge is 2.17. The monoisotopic (exact) mass is 310 g/mol. The second kappa shape index (κ2) is 6.12. The summed E-state index contributed by atoms with van der Waals surface area (Å²) in [4.78, 5) is 15.6. The first-order valence-corrected chi connectivity index (χ1v) is 7.37. The number of hydrogen-bond acceptors (Lipinski definition) is 3. The smallest absolute Gasteiger partial charge is 0.307 e. The number of pyridine rings is 1. The molecule has 0 saturated heterocycles. The first kappa shape index (κ1) is 15.1. The summed E-state index contributed by atoms with van der Waals surface area (Å²) in [6, 6.07) is 11.5. The Hall–Kier alpha value is -2.82. The lowest BCUT2D eigenvalue weighted by atomic mass is 10.1. The molecule has 0 bridgehead atoms. The minimum atomic E-state index is -0.840. The van der Waals surface area contributed by atoms with E-state index >= 15 is 0 Å². The first-order chi connectivity index (χ1) is 11.1. The van der Waals surface area contributed by atoms with Gasteiger partial charge in [0.25, 0.3) is 0 Å². The Labute approximate surface area is 134 Å². The molecule has 0 saturated carbocycles. The van der Waals surface area contributed by atoms with Crippen LogP contribution in [0.4, 0.5) is 0 Å². The van der Waals surface area contributed by atoms with E-state index in [2.05, 4.69) is 9.55 Å². The summed E-state index contributed by atoms with van der Waals surface area (Å²) in [5.41, 5.74) is 3.69. The minimum absolute atomic E-state index is 0.00921. The predicted octanol–water partition coefficient (Wildman–Crippen LogP) is 3.03. The molecule has 0 aliphatic carbocycles. The third-order valence-electron chi connectivity index (χ3n) is 4.04. The number of carboxylic acid groups (broad SMARTS) is 1. The fourth-order valence-electron chi connectivity index (χ4n) is 2.89. The number of fused-ring (bicyclic) bond motifs is 1. The summed E-state index contributed by atoms with van der Waals surface area (Å²) < 4.78 is 7.39. The van der Waals surface area contributed by atoms with Crippen molar-refractivity contribution in [1.29, 1.82) is 0 Å². The number of aliphatic carboxylic acids is 1. The number of carboxylic acids is 1. The van der Waals surface area contributed by atoms with E-state index < -0.39 is 5.97 Å². The van der Waals surface area contributed by atoms with Gasteiger partial charge >= 0.3 is 5.97 Å². The zero-order chi connectivity index (χ0) is 16.4. The fourth-order valence-corrected chi connectivity index (χ4v) is 2.89. The van der Waals surface area contributed by atoms with Crippen molar-refractivity contribution in [1.82, 2.24) is 9.55 Å². The van der Waals surface area contributed by atoms with E-state index in [1.807, 2.05) is 43.3 Å². The maximum absolute atomic E-state index is 11.2. The standard InChI is InChI=1S/C18H18N2O3/c1-12-15(10-18(21)22)16-9-14(23-2)6-7-17(16)20(12)11-13-5-3-4-8-19-13/h3-9H,10-11H2,1-2H3,(H,21,22). The zero-order valence-electron chi connectivity index (χ0n) is 13.1. The molecular formula is C18H18N2O3. The number of rotatable bonds is 5. The lowest BCUT2D eigenvalue weighted by Crippen LogP contribution is -2.05. The van der Waals surface area contributed by atoms with Crippen LogP contribution in [0.15, 0.2) is 42.6 Å². The molecule has 3 aromatic rings. The van der Waals surface area contributed by atoms with Gasteiger partial charge in [-0.2, -0.15) is 0 Å². The highest BCUT2D eigenvalue weighted by atomic mass is 16.5. The Bertz CT molecular complexity index is 854. The van der Waals surface area contributed by atoms with Crippen molar-refractivity contribution in [3.63, 3.8) is 0 Å². The zero-order valence-corrected chi connectivity index (χ0v) is 13.1. The molecule has 0 radical (unpaired) electrons. The van der Waals surface area contributed by atoms with Crippen molar-refractivity contribution in [2.24, 2.45) is 0 Å². The highest BCUT2D eigenvalue weighted by molar-refractivity contribution is 5.90. The van der Waals surface area contributed by atoms with Gasteiger partial charge in [-0.05, 0) is 42.8 Å². The molecule has 1 aromatic carbocycles. The molecule has 0 fully saturated rings. The van der Waals surface area contributed by atoms with Crippen molar-refractivity contribution in [3.8, 4) is 5.75 Å². The summed E-state index contributed by atoms with van der Waals surface area (Å²) in [6.07, 6.45) is 1.75. The van der Waals surface area contributed by atoms with Crippen LogP contribution >= 0.6 is 0 Å². The van der Waals surface area contributed by atoms with Crippen LogP contribution in [-0.4, -0.2) is 27.7 Å². The molecule has 5 heteroatoms. The minimum Gasteiger partial charge on any atom is -0.497 e. The van der Waals surface area contributed by atoms with Crippen molar-refractivity contribution >= 4 is 16.9 Å². The summed E-state index contributed by atoms with van der Waals surface area (Å²) in [5.74, 6) is -0.119. The molecule has 118 valence electrons. The highest BCUT2D eigenvalue weighted by Crippen LogP contribution is 2.30. The van der Waals surface area contributed by atoms with Gasteiger partial charge in [-0.1, -0.05) is 6.07 Å². The Kier molecular flexibility index (Phi) is 4.02. The van der Waals surface area contributed by atoms with E-state index in [9.17, 15) is 9.90 Å². The molecule has 2 heterocycles. The first-order valence-electron chi connectivity index (χ1n) is 7.37. The summed E-state index contributed by atoms with van der Waals surface area (Å²) in [7, 11) is 1.61. The van der Waals surface area contributed by atoms with Crippen LogP contribution in [0.1, 0.15) is 17.0 Å². The fraction of sp³-hybridized carbons (Fsp3) is 0.222. The van der Waals surface area contributed by atoms with Gasteiger partial charge in [-0.25, -0.2) is 0 Å². The number of aromatic nitrogens is 2. The van der Waals surface area contributed by atoms with Crippen LogP contribution in [0.2, 0.25) is 0 Å². The third kappa shape index (κ3) is 2.90. The Morgan fingerprint density at radius 2 is 2.13 bits per heavy atom. The van der Waals surface area contributed by atoms with Gasteiger partial charge in [0.2, 0.25) is 0 Å². The van der Waals surface area contributed by atoms with Crippen LogP contribution in [-0.2, 0) is 17.8 Å².